The van der Waals surface area contributed by atoms with Crippen molar-refractivity contribution < 1.29 is 0 Å². The van der Waals surface area contributed by atoms with Gasteiger partial charge in [-0.3, -0.25) is 0 Å². The van der Waals surface area contributed by atoms with E-state index in [1.807, 2.05) is 0 Å². The van der Waals surface area contributed by atoms with E-state index < -0.39 is 0 Å². The van der Waals surface area contributed by atoms with Crippen LogP contribution in [0.1, 0.15) is 41.0 Å². The molecular formula is C39H27N. The number of aromatic amines is 1. The average molecular weight is 510 g/mol. The van der Waals surface area contributed by atoms with E-state index in [-0.39, 0.29) is 5.41 Å². The van der Waals surface area contributed by atoms with Crippen molar-refractivity contribution in [1.82, 2.24) is 4.98 Å². The summed E-state index contributed by atoms with van der Waals surface area (Å²) < 4.78 is 0. The number of fused-ring (bicyclic) bond motifs is 17. The summed E-state index contributed by atoms with van der Waals surface area (Å²) in [5, 5.41) is 5.31. The monoisotopic (exact) mass is 509 g/mol. The molecule has 0 aliphatic heterocycles. The van der Waals surface area contributed by atoms with Crippen LogP contribution < -0.4 is 0 Å². The van der Waals surface area contributed by atoms with Gasteiger partial charge in [0.2, 0.25) is 0 Å². The molecule has 0 radical (unpaired) electrons. The Balaban J connectivity index is 1.43. The van der Waals surface area contributed by atoms with Gasteiger partial charge in [0.15, 0.2) is 0 Å². The zero-order chi connectivity index (χ0) is 26.0. The van der Waals surface area contributed by atoms with Crippen molar-refractivity contribution in [2.45, 2.75) is 24.2 Å². The van der Waals surface area contributed by atoms with Crippen LogP contribution in [0, 0.1) is 5.92 Å². The Morgan fingerprint density at radius 1 is 0.700 bits per heavy atom. The van der Waals surface area contributed by atoms with Crippen LogP contribution in [-0.4, -0.2) is 4.98 Å². The maximum absolute atomic E-state index is 3.90. The third kappa shape index (κ3) is 2.34. The van der Waals surface area contributed by atoms with Crippen LogP contribution in [0.3, 0.4) is 0 Å². The first-order chi connectivity index (χ1) is 19.9. The Morgan fingerprint density at radius 2 is 1.48 bits per heavy atom. The Hall–Kier alpha value is -4.62. The van der Waals surface area contributed by atoms with Crippen molar-refractivity contribution in [3.05, 3.63) is 155 Å². The quantitative estimate of drug-likeness (QED) is 0.210. The number of hydrogen-bond donors (Lipinski definition) is 1. The normalized spacial score (nSPS) is 21.2. The van der Waals surface area contributed by atoms with E-state index in [0.29, 0.717) is 11.8 Å². The zero-order valence-electron chi connectivity index (χ0n) is 22.1. The molecule has 0 fully saturated rings. The van der Waals surface area contributed by atoms with Crippen LogP contribution in [0.4, 0.5) is 0 Å². The van der Waals surface area contributed by atoms with Crippen molar-refractivity contribution in [2.24, 2.45) is 5.92 Å². The van der Waals surface area contributed by atoms with E-state index in [2.05, 4.69) is 126 Å². The fourth-order valence-corrected chi connectivity index (χ4v) is 8.96. The van der Waals surface area contributed by atoms with E-state index >= 15 is 0 Å². The summed E-state index contributed by atoms with van der Waals surface area (Å²) >= 11 is 0. The van der Waals surface area contributed by atoms with Crippen molar-refractivity contribution in [1.29, 1.82) is 0 Å². The second kappa shape index (κ2) is 7.31. The lowest BCUT2D eigenvalue weighted by molar-refractivity contribution is 0.455. The molecule has 0 bridgehead atoms. The number of hydrogen-bond acceptors (Lipinski definition) is 0. The van der Waals surface area contributed by atoms with Gasteiger partial charge in [0.25, 0.3) is 0 Å². The fraction of sp³-hybridized carbons (Fsp3) is 0.128. The Labute approximate surface area is 233 Å². The van der Waals surface area contributed by atoms with E-state index in [1.165, 1.54) is 77.1 Å². The molecule has 1 nitrogen and oxygen atoms in total. The number of nitrogens with one attached hydrogen (secondary N) is 1. The van der Waals surface area contributed by atoms with Crippen molar-refractivity contribution >= 4 is 32.6 Å². The molecule has 2 unspecified atom stereocenters. The van der Waals surface area contributed by atoms with Gasteiger partial charge in [-0.05, 0) is 68.8 Å². The summed E-state index contributed by atoms with van der Waals surface area (Å²) in [5.41, 5.74) is 14.0. The first-order valence-electron chi connectivity index (χ1n) is 14.6. The molecule has 1 heteroatoms. The third-order valence-electron chi connectivity index (χ3n) is 10.4. The first kappa shape index (κ1) is 21.2. The van der Waals surface area contributed by atoms with Crippen LogP contribution in [0.25, 0.3) is 43.7 Å². The Bertz CT molecular complexity index is 2140. The standard InChI is InChI=1S/C39H27N/c1-3-11-25-23(9-1)18-21-33-35(25)29-20-22-34-36(30-19-17-24-10-2-4-12-26(24)38(30)40-34)37(29)39(33)31-15-7-5-13-27(31)28-14-6-8-16-32(28)39/h2-8,10-22,33,35,40H,1,9H2. The van der Waals surface area contributed by atoms with E-state index in [0.717, 1.165) is 12.8 Å². The van der Waals surface area contributed by atoms with Gasteiger partial charge in [-0.15, -0.1) is 0 Å². The number of rotatable bonds is 0. The maximum Gasteiger partial charge on any atom is 0.0545 e. The van der Waals surface area contributed by atoms with E-state index in [9.17, 15) is 0 Å². The van der Waals surface area contributed by atoms with Crippen molar-refractivity contribution in [3.8, 4) is 11.1 Å². The zero-order valence-corrected chi connectivity index (χ0v) is 22.1. The Kier molecular flexibility index (Phi) is 3.88. The van der Waals surface area contributed by atoms with Crippen LogP contribution in [0.15, 0.2) is 133 Å². The van der Waals surface area contributed by atoms with Crippen LogP contribution in [0.2, 0.25) is 0 Å². The number of allylic oxidation sites excluding steroid dienone is 6. The van der Waals surface area contributed by atoms with Gasteiger partial charge < -0.3 is 4.98 Å². The summed E-state index contributed by atoms with van der Waals surface area (Å²) in [5.74, 6) is 0.672. The van der Waals surface area contributed by atoms with Gasteiger partial charge in [-0.25, -0.2) is 0 Å². The molecule has 1 aromatic heterocycles. The molecule has 2 atom stereocenters. The van der Waals surface area contributed by atoms with Crippen LogP contribution in [0.5, 0.6) is 0 Å². The number of aromatic nitrogens is 1. The summed E-state index contributed by atoms with van der Waals surface area (Å²) in [6.07, 6.45) is 12.2. The maximum atomic E-state index is 3.90. The predicted octanol–water partition coefficient (Wildman–Crippen LogP) is 9.72. The van der Waals surface area contributed by atoms with Crippen LogP contribution >= 0.6 is 0 Å². The molecule has 188 valence electrons. The largest absolute Gasteiger partial charge is 0.354 e. The highest BCUT2D eigenvalue weighted by atomic mass is 14.7. The lowest BCUT2D eigenvalue weighted by Gasteiger charge is -2.38. The van der Waals surface area contributed by atoms with Crippen molar-refractivity contribution in [2.75, 3.05) is 0 Å². The SMILES string of the molecule is C1=CC2=C(C=CC3C2c2ccc4[nH]c5c6ccccc6ccc5c4c2C32c3ccccc3-c3ccccc32)CC1. The van der Waals surface area contributed by atoms with Crippen LogP contribution in [-0.2, 0) is 5.41 Å². The second-order valence-corrected chi connectivity index (χ2v) is 12.0. The van der Waals surface area contributed by atoms with Gasteiger partial charge in [-0.1, -0.05) is 115 Å². The first-order valence-corrected chi connectivity index (χ1v) is 14.6. The molecule has 6 aromatic rings. The summed E-state index contributed by atoms with van der Waals surface area (Å²) in [6, 6.07) is 36.7. The molecule has 0 amide bonds. The molecule has 0 saturated heterocycles. The molecule has 10 rings (SSSR count). The lowest BCUT2D eigenvalue weighted by Crippen LogP contribution is -2.34. The highest BCUT2D eigenvalue weighted by molar-refractivity contribution is 6.19. The van der Waals surface area contributed by atoms with Gasteiger partial charge >= 0.3 is 0 Å². The molecule has 0 saturated carbocycles. The Morgan fingerprint density at radius 3 is 2.33 bits per heavy atom. The minimum atomic E-state index is -0.242. The smallest absolute Gasteiger partial charge is 0.0545 e. The molecule has 5 aromatic carbocycles. The molecule has 1 spiro atoms. The van der Waals surface area contributed by atoms with Gasteiger partial charge in [-0.2, -0.15) is 0 Å². The molecule has 4 aliphatic rings. The van der Waals surface area contributed by atoms with Gasteiger partial charge in [0.05, 0.1) is 10.9 Å². The molecule has 1 N–H and O–H groups in total. The van der Waals surface area contributed by atoms with Gasteiger partial charge in [0.1, 0.15) is 0 Å². The third-order valence-corrected chi connectivity index (χ3v) is 10.4. The highest BCUT2D eigenvalue weighted by Crippen LogP contribution is 2.68. The lowest BCUT2D eigenvalue weighted by atomic mass is 9.63. The summed E-state index contributed by atoms with van der Waals surface area (Å²) in [7, 11) is 0. The number of benzene rings is 5. The highest BCUT2D eigenvalue weighted by Gasteiger charge is 2.59. The molecule has 4 aliphatic carbocycles. The van der Waals surface area contributed by atoms with Gasteiger partial charge in [0, 0.05) is 33.5 Å². The minimum Gasteiger partial charge on any atom is -0.354 e. The minimum absolute atomic E-state index is 0.242. The second-order valence-electron chi connectivity index (χ2n) is 12.0. The summed E-state index contributed by atoms with van der Waals surface area (Å²) in [6.45, 7) is 0. The van der Waals surface area contributed by atoms with E-state index in [4.69, 9.17) is 0 Å². The van der Waals surface area contributed by atoms with Crippen molar-refractivity contribution in [3.63, 3.8) is 0 Å². The average Bonchev–Trinajstić information content (AvgIpc) is 3.65. The van der Waals surface area contributed by atoms with E-state index in [1.54, 1.807) is 0 Å². The number of H-pyrrole nitrogens is 1. The topological polar surface area (TPSA) is 15.8 Å². The molecular weight excluding hydrogens is 482 g/mol. The molecule has 40 heavy (non-hydrogen) atoms. The fourth-order valence-electron chi connectivity index (χ4n) is 8.96. The predicted molar refractivity (Wildman–Crippen MR) is 166 cm³/mol. The molecule has 1 heterocycles. The summed E-state index contributed by atoms with van der Waals surface area (Å²) in [4.78, 5) is 3.90.